The van der Waals surface area contributed by atoms with Crippen LogP contribution in [0.3, 0.4) is 0 Å². The van der Waals surface area contributed by atoms with Crippen LogP contribution in [0.5, 0.6) is 0 Å². The highest BCUT2D eigenvalue weighted by Gasteiger charge is 2.27. The van der Waals surface area contributed by atoms with Gasteiger partial charge in [-0.15, -0.1) is 11.3 Å². The molecule has 1 aliphatic rings. The smallest absolute Gasteiger partial charge is 0.309 e. The van der Waals surface area contributed by atoms with Crippen molar-refractivity contribution < 1.29 is 14.3 Å². The first-order valence-corrected chi connectivity index (χ1v) is 9.97. The third-order valence-corrected chi connectivity index (χ3v) is 5.16. The van der Waals surface area contributed by atoms with Crippen LogP contribution < -0.4 is 10.6 Å². The molecule has 1 aromatic rings. The number of aliphatic imine (C=N–C) groups is 1. The maximum Gasteiger partial charge on any atom is 0.309 e. The van der Waals surface area contributed by atoms with Crippen molar-refractivity contribution in [2.24, 2.45) is 10.9 Å². The van der Waals surface area contributed by atoms with E-state index in [0.29, 0.717) is 13.2 Å². The van der Waals surface area contributed by atoms with E-state index in [9.17, 15) is 9.59 Å². The van der Waals surface area contributed by atoms with Crippen molar-refractivity contribution in [2.45, 2.75) is 26.2 Å². The fourth-order valence-corrected chi connectivity index (χ4v) is 3.54. The zero-order valence-electron chi connectivity index (χ0n) is 15.5. The summed E-state index contributed by atoms with van der Waals surface area (Å²) in [6.45, 7) is 5.20. The number of esters is 1. The Kier molecular flexibility index (Phi) is 8.40. The van der Waals surface area contributed by atoms with E-state index in [-0.39, 0.29) is 17.8 Å². The zero-order valence-corrected chi connectivity index (χ0v) is 16.3. The van der Waals surface area contributed by atoms with Crippen LogP contribution in [-0.4, -0.2) is 62.6 Å². The summed E-state index contributed by atoms with van der Waals surface area (Å²) < 4.78 is 5.10. The number of carbonyl (C=O) groups excluding carboxylic acids is 2. The van der Waals surface area contributed by atoms with Gasteiger partial charge in [-0.25, -0.2) is 0 Å². The molecular weight excluding hydrogens is 352 g/mol. The van der Waals surface area contributed by atoms with E-state index in [1.807, 2.05) is 24.4 Å². The summed E-state index contributed by atoms with van der Waals surface area (Å²) >= 11 is 1.44. The number of hydrogen-bond acceptors (Lipinski definition) is 5. The van der Waals surface area contributed by atoms with E-state index in [2.05, 4.69) is 20.5 Å². The zero-order chi connectivity index (χ0) is 18.8. The monoisotopic (exact) mass is 380 g/mol. The lowest BCUT2D eigenvalue weighted by Gasteiger charge is -2.33. The first kappa shape index (κ1) is 20.2. The lowest BCUT2D eigenvalue weighted by Crippen LogP contribution is -2.47. The van der Waals surface area contributed by atoms with Crippen LogP contribution in [0.1, 0.15) is 35.9 Å². The molecule has 0 aromatic carbocycles. The summed E-state index contributed by atoms with van der Waals surface area (Å²) in [5.74, 6) is 0.732. The molecule has 0 atom stereocenters. The Balaban J connectivity index is 1.64. The lowest BCUT2D eigenvalue weighted by molar-refractivity contribution is -0.149. The lowest BCUT2D eigenvalue weighted by atomic mass is 9.97. The second kappa shape index (κ2) is 10.8. The fraction of sp³-hybridized carbons (Fsp3) is 0.611. The van der Waals surface area contributed by atoms with Gasteiger partial charge >= 0.3 is 5.97 Å². The van der Waals surface area contributed by atoms with Crippen molar-refractivity contribution >= 4 is 29.2 Å². The normalized spacial score (nSPS) is 15.6. The van der Waals surface area contributed by atoms with Gasteiger partial charge in [0, 0.05) is 33.2 Å². The highest BCUT2D eigenvalue weighted by Crippen LogP contribution is 2.18. The Morgan fingerprint density at radius 3 is 2.65 bits per heavy atom. The second-order valence-electron chi connectivity index (χ2n) is 6.07. The number of guanidine groups is 1. The number of thiophene rings is 1. The number of carbonyl (C=O) groups is 2. The van der Waals surface area contributed by atoms with Crippen LogP contribution in [0.4, 0.5) is 0 Å². The third-order valence-electron chi connectivity index (χ3n) is 4.29. The topological polar surface area (TPSA) is 83.0 Å². The summed E-state index contributed by atoms with van der Waals surface area (Å²) in [6, 6.07) is 3.69. The molecule has 26 heavy (non-hydrogen) atoms. The molecule has 1 aliphatic heterocycles. The molecule has 0 spiro atoms. The predicted octanol–water partition coefficient (Wildman–Crippen LogP) is 1.72. The number of piperidine rings is 1. The Morgan fingerprint density at radius 2 is 2.04 bits per heavy atom. The van der Waals surface area contributed by atoms with Gasteiger partial charge < -0.3 is 20.3 Å². The molecule has 0 bridgehead atoms. The summed E-state index contributed by atoms with van der Waals surface area (Å²) in [4.78, 5) is 30.9. The number of hydrogen-bond donors (Lipinski definition) is 2. The molecule has 1 saturated heterocycles. The average molecular weight is 381 g/mol. The minimum absolute atomic E-state index is 0.00299. The van der Waals surface area contributed by atoms with E-state index in [0.717, 1.165) is 49.7 Å². The van der Waals surface area contributed by atoms with E-state index < -0.39 is 0 Å². The quantitative estimate of drug-likeness (QED) is 0.326. The van der Waals surface area contributed by atoms with E-state index in [4.69, 9.17) is 4.74 Å². The molecule has 1 amide bonds. The van der Waals surface area contributed by atoms with Crippen molar-refractivity contribution in [1.82, 2.24) is 15.5 Å². The first-order chi connectivity index (χ1) is 12.7. The van der Waals surface area contributed by atoms with Crippen LogP contribution in [0.15, 0.2) is 22.5 Å². The van der Waals surface area contributed by atoms with Crippen LogP contribution in [-0.2, 0) is 9.53 Å². The molecule has 144 valence electrons. The van der Waals surface area contributed by atoms with E-state index >= 15 is 0 Å². The molecule has 7 nitrogen and oxygen atoms in total. The van der Waals surface area contributed by atoms with Gasteiger partial charge in [0.05, 0.1) is 17.4 Å². The first-order valence-electron chi connectivity index (χ1n) is 9.09. The Bertz CT molecular complexity index is 596. The Morgan fingerprint density at radius 1 is 1.31 bits per heavy atom. The van der Waals surface area contributed by atoms with Gasteiger partial charge in [-0.1, -0.05) is 6.07 Å². The second-order valence-corrected chi connectivity index (χ2v) is 7.02. The highest BCUT2D eigenvalue weighted by molar-refractivity contribution is 7.12. The van der Waals surface area contributed by atoms with Gasteiger partial charge in [0.1, 0.15) is 0 Å². The Hall–Kier alpha value is -2.09. The molecule has 2 rings (SSSR count). The number of ether oxygens (including phenoxy) is 1. The largest absolute Gasteiger partial charge is 0.466 e. The summed E-state index contributed by atoms with van der Waals surface area (Å²) in [5.41, 5.74) is 0. The van der Waals surface area contributed by atoms with E-state index in [1.165, 1.54) is 11.3 Å². The van der Waals surface area contributed by atoms with Crippen molar-refractivity contribution in [3.05, 3.63) is 22.4 Å². The van der Waals surface area contributed by atoms with Gasteiger partial charge in [0.2, 0.25) is 0 Å². The van der Waals surface area contributed by atoms with Gasteiger partial charge in [0.15, 0.2) is 5.96 Å². The summed E-state index contributed by atoms with van der Waals surface area (Å²) in [6.07, 6.45) is 2.39. The van der Waals surface area contributed by atoms with Crippen LogP contribution >= 0.6 is 11.3 Å². The number of rotatable bonds is 7. The number of nitrogens with one attached hydrogen (secondary N) is 2. The predicted molar refractivity (Wildman–Crippen MR) is 104 cm³/mol. The molecule has 0 radical (unpaired) electrons. The molecule has 8 heteroatoms. The highest BCUT2D eigenvalue weighted by atomic mass is 32.1. The molecule has 1 aromatic heterocycles. The van der Waals surface area contributed by atoms with Crippen LogP contribution in [0, 0.1) is 5.92 Å². The van der Waals surface area contributed by atoms with Crippen molar-refractivity contribution in [3.63, 3.8) is 0 Å². The summed E-state index contributed by atoms with van der Waals surface area (Å²) in [5, 5.41) is 8.14. The number of nitrogens with zero attached hydrogens (tertiary/aromatic N) is 2. The summed E-state index contributed by atoms with van der Waals surface area (Å²) in [7, 11) is 1.76. The van der Waals surface area contributed by atoms with Crippen molar-refractivity contribution in [1.29, 1.82) is 0 Å². The number of amides is 1. The van der Waals surface area contributed by atoms with Crippen molar-refractivity contribution in [3.8, 4) is 0 Å². The SMILES string of the molecule is CCOC(=O)C1CCN(C(=NC)NCCCNC(=O)c2cccs2)CC1. The average Bonchev–Trinajstić information content (AvgIpc) is 3.20. The fourth-order valence-electron chi connectivity index (χ4n) is 2.90. The molecule has 1 fully saturated rings. The molecule has 0 saturated carbocycles. The van der Waals surface area contributed by atoms with Gasteiger partial charge in [-0.2, -0.15) is 0 Å². The maximum atomic E-state index is 11.8. The number of likely N-dealkylation sites (tertiary alicyclic amines) is 1. The van der Waals surface area contributed by atoms with Gasteiger partial charge in [-0.05, 0) is 37.6 Å². The molecule has 0 aliphatic carbocycles. The minimum atomic E-state index is -0.0865. The molecule has 0 unspecified atom stereocenters. The molecular formula is C18H28N4O3S. The standard InChI is InChI=1S/C18H28N4O3S/c1-3-25-17(24)14-7-11-22(12-8-14)18(19-2)21-10-5-9-20-16(23)15-6-4-13-26-15/h4,6,13-14H,3,5,7-12H2,1-2H3,(H,19,21)(H,20,23). The van der Waals surface area contributed by atoms with Crippen molar-refractivity contribution in [2.75, 3.05) is 39.8 Å². The van der Waals surface area contributed by atoms with Gasteiger partial charge in [0.25, 0.3) is 5.91 Å². The maximum absolute atomic E-state index is 11.8. The third kappa shape index (κ3) is 6.01. The van der Waals surface area contributed by atoms with Crippen LogP contribution in [0.2, 0.25) is 0 Å². The molecule has 2 heterocycles. The minimum Gasteiger partial charge on any atom is -0.466 e. The van der Waals surface area contributed by atoms with Gasteiger partial charge in [-0.3, -0.25) is 14.6 Å². The Labute approximate surface area is 158 Å². The molecule has 2 N–H and O–H groups in total. The van der Waals surface area contributed by atoms with Crippen LogP contribution in [0.25, 0.3) is 0 Å². The van der Waals surface area contributed by atoms with E-state index in [1.54, 1.807) is 7.05 Å².